The third kappa shape index (κ3) is 4.82. The lowest BCUT2D eigenvalue weighted by molar-refractivity contribution is -0.148. The van der Waals surface area contributed by atoms with Crippen molar-refractivity contribution < 1.29 is 9.59 Å². The van der Waals surface area contributed by atoms with Crippen LogP contribution < -0.4 is 5.32 Å². The molecule has 0 saturated carbocycles. The molecule has 1 unspecified atom stereocenters. The maximum Gasteiger partial charge on any atom is 0.312 e. The molecule has 5 nitrogen and oxygen atoms in total. The highest BCUT2D eigenvalue weighted by Gasteiger charge is 2.30. The predicted molar refractivity (Wildman–Crippen MR) is 97.9 cm³/mol. The van der Waals surface area contributed by atoms with E-state index >= 15 is 0 Å². The standard InChI is InChI=1S/C20H29N3O2/c1-16-7-5-6-12-23(16)20(25)19(24)21-18-10-13-22(14-11-18)15-17-8-3-2-4-9-17/h2-4,8-9,16,18H,5-7,10-15H2,1H3,(H,21,24). The summed E-state index contributed by atoms with van der Waals surface area (Å²) < 4.78 is 0. The molecule has 0 aliphatic carbocycles. The van der Waals surface area contributed by atoms with E-state index in [0.29, 0.717) is 6.54 Å². The molecule has 2 fully saturated rings. The van der Waals surface area contributed by atoms with E-state index in [0.717, 1.165) is 51.7 Å². The normalized spacial score (nSPS) is 22.6. The minimum Gasteiger partial charge on any atom is -0.345 e. The van der Waals surface area contributed by atoms with Gasteiger partial charge in [0.2, 0.25) is 0 Å². The SMILES string of the molecule is CC1CCCCN1C(=O)C(=O)NC1CCN(Cc2ccccc2)CC1. The van der Waals surface area contributed by atoms with Gasteiger partial charge in [-0.25, -0.2) is 0 Å². The Morgan fingerprint density at radius 1 is 1.04 bits per heavy atom. The summed E-state index contributed by atoms with van der Waals surface area (Å²) in [6.07, 6.45) is 4.95. The van der Waals surface area contributed by atoms with Crippen molar-refractivity contribution >= 4 is 11.8 Å². The van der Waals surface area contributed by atoms with Gasteiger partial charge < -0.3 is 10.2 Å². The summed E-state index contributed by atoms with van der Waals surface area (Å²) in [5.41, 5.74) is 1.32. The first kappa shape index (κ1) is 17.9. The van der Waals surface area contributed by atoms with E-state index in [1.165, 1.54) is 5.56 Å². The van der Waals surface area contributed by atoms with E-state index < -0.39 is 5.91 Å². The molecule has 2 aliphatic heterocycles. The Labute approximate surface area is 150 Å². The number of carbonyl (C=O) groups is 2. The summed E-state index contributed by atoms with van der Waals surface area (Å²) in [5, 5.41) is 2.96. The Balaban J connectivity index is 1.43. The van der Waals surface area contributed by atoms with Crippen LogP contribution in [0, 0.1) is 0 Å². The summed E-state index contributed by atoms with van der Waals surface area (Å²) in [5.74, 6) is -0.769. The molecule has 25 heavy (non-hydrogen) atoms. The zero-order valence-corrected chi connectivity index (χ0v) is 15.1. The van der Waals surface area contributed by atoms with Gasteiger partial charge in [0.15, 0.2) is 0 Å². The number of amides is 2. The van der Waals surface area contributed by atoms with Crippen molar-refractivity contribution in [1.82, 2.24) is 15.1 Å². The largest absolute Gasteiger partial charge is 0.345 e. The second-order valence-corrected chi connectivity index (χ2v) is 7.35. The summed E-state index contributed by atoms with van der Waals surface area (Å²) in [7, 11) is 0. The first-order chi connectivity index (χ1) is 12.1. The van der Waals surface area contributed by atoms with Crippen LogP contribution in [0.1, 0.15) is 44.6 Å². The van der Waals surface area contributed by atoms with Crippen LogP contribution in [0.15, 0.2) is 30.3 Å². The lowest BCUT2D eigenvalue weighted by Gasteiger charge is -2.35. The van der Waals surface area contributed by atoms with E-state index in [1.807, 2.05) is 13.0 Å². The molecule has 2 aliphatic rings. The average Bonchev–Trinajstić information content (AvgIpc) is 2.64. The molecule has 0 bridgehead atoms. The van der Waals surface area contributed by atoms with Crippen molar-refractivity contribution in [2.45, 2.75) is 57.7 Å². The Kier molecular flexibility index (Phi) is 6.08. The van der Waals surface area contributed by atoms with Crippen molar-refractivity contribution in [3.8, 4) is 0 Å². The van der Waals surface area contributed by atoms with Gasteiger partial charge in [-0.3, -0.25) is 14.5 Å². The highest BCUT2D eigenvalue weighted by molar-refractivity contribution is 6.35. The van der Waals surface area contributed by atoms with Crippen LogP contribution in [0.5, 0.6) is 0 Å². The van der Waals surface area contributed by atoms with Crippen LogP contribution in [0.4, 0.5) is 0 Å². The van der Waals surface area contributed by atoms with Crippen LogP contribution in [0.25, 0.3) is 0 Å². The van der Waals surface area contributed by atoms with Gasteiger partial charge in [0.25, 0.3) is 0 Å². The highest BCUT2D eigenvalue weighted by atomic mass is 16.2. The number of likely N-dealkylation sites (tertiary alicyclic amines) is 2. The fourth-order valence-corrected chi connectivity index (χ4v) is 3.85. The maximum atomic E-state index is 12.4. The van der Waals surface area contributed by atoms with E-state index in [-0.39, 0.29) is 18.0 Å². The highest BCUT2D eigenvalue weighted by Crippen LogP contribution is 2.17. The van der Waals surface area contributed by atoms with Gasteiger partial charge in [0.1, 0.15) is 0 Å². The van der Waals surface area contributed by atoms with Crippen LogP contribution in [0.2, 0.25) is 0 Å². The fourth-order valence-electron chi connectivity index (χ4n) is 3.85. The van der Waals surface area contributed by atoms with Crippen molar-refractivity contribution in [3.63, 3.8) is 0 Å². The zero-order chi connectivity index (χ0) is 17.6. The molecule has 2 amide bonds. The Bertz CT molecular complexity index is 582. The maximum absolute atomic E-state index is 12.4. The zero-order valence-electron chi connectivity index (χ0n) is 15.1. The number of rotatable bonds is 3. The molecule has 136 valence electrons. The smallest absolute Gasteiger partial charge is 0.312 e. The Morgan fingerprint density at radius 2 is 1.76 bits per heavy atom. The second kappa shape index (κ2) is 8.48. The molecule has 1 aromatic rings. The molecule has 2 heterocycles. The van der Waals surface area contributed by atoms with Crippen LogP contribution >= 0.6 is 0 Å². The first-order valence-electron chi connectivity index (χ1n) is 9.51. The predicted octanol–water partition coefficient (Wildman–Crippen LogP) is 2.17. The Morgan fingerprint density at radius 3 is 2.44 bits per heavy atom. The third-order valence-corrected chi connectivity index (χ3v) is 5.43. The number of hydrogen-bond donors (Lipinski definition) is 1. The number of piperidine rings is 2. The first-order valence-corrected chi connectivity index (χ1v) is 9.51. The quantitative estimate of drug-likeness (QED) is 0.856. The summed E-state index contributed by atoms with van der Waals surface area (Å²) in [6, 6.07) is 10.7. The molecule has 3 rings (SSSR count). The molecule has 0 radical (unpaired) electrons. The van der Waals surface area contributed by atoms with Gasteiger partial charge in [-0.05, 0) is 44.6 Å². The van der Waals surface area contributed by atoms with Gasteiger partial charge in [-0.2, -0.15) is 0 Å². The van der Waals surface area contributed by atoms with Crippen LogP contribution in [-0.4, -0.2) is 53.3 Å². The minimum atomic E-state index is -0.421. The van der Waals surface area contributed by atoms with Crippen molar-refractivity contribution in [2.75, 3.05) is 19.6 Å². The number of benzene rings is 1. The van der Waals surface area contributed by atoms with E-state index in [1.54, 1.807) is 4.90 Å². The number of hydrogen-bond acceptors (Lipinski definition) is 3. The number of nitrogens with one attached hydrogen (secondary N) is 1. The number of carbonyl (C=O) groups excluding carboxylic acids is 2. The van der Waals surface area contributed by atoms with Crippen LogP contribution in [0.3, 0.4) is 0 Å². The molecule has 1 N–H and O–H groups in total. The van der Waals surface area contributed by atoms with E-state index in [4.69, 9.17) is 0 Å². The molecular formula is C20H29N3O2. The lowest BCUT2D eigenvalue weighted by Crippen LogP contribution is -2.52. The van der Waals surface area contributed by atoms with E-state index in [2.05, 4.69) is 34.5 Å². The molecule has 0 aromatic heterocycles. The van der Waals surface area contributed by atoms with E-state index in [9.17, 15) is 9.59 Å². The van der Waals surface area contributed by atoms with Gasteiger partial charge in [0, 0.05) is 38.3 Å². The monoisotopic (exact) mass is 343 g/mol. The minimum absolute atomic E-state index is 0.114. The summed E-state index contributed by atoms with van der Waals surface area (Å²) in [4.78, 5) is 28.9. The molecule has 2 saturated heterocycles. The molecular weight excluding hydrogens is 314 g/mol. The van der Waals surface area contributed by atoms with Gasteiger partial charge in [-0.15, -0.1) is 0 Å². The van der Waals surface area contributed by atoms with Gasteiger partial charge >= 0.3 is 11.8 Å². The topological polar surface area (TPSA) is 52.7 Å². The third-order valence-electron chi connectivity index (χ3n) is 5.43. The molecule has 1 atom stereocenters. The molecule has 0 spiro atoms. The average molecular weight is 343 g/mol. The second-order valence-electron chi connectivity index (χ2n) is 7.35. The Hall–Kier alpha value is -1.88. The lowest BCUT2D eigenvalue weighted by atomic mass is 10.0. The van der Waals surface area contributed by atoms with Gasteiger partial charge in [0.05, 0.1) is 0 Å². The number of nitrogens with zero attached hydrogens (tertiary/aromatic N) is 2. The van der Waals surface area contributed by atoms with Crippen molar-refractivity contribution in [1.29, 1.82) is 0 Å². The van der Waals surface area contributed by atoms with Crippen molar-refractivity contribution in [3.05, 3.63) is 35.9 Å². The fraction of sp³-hybridized carbons (Fsp3) is 0.600. The summed E-state index contributed by atoms with van der Waals surface area (Å²) >= 11 is 0. The van der Waals surface area contributed by atoms with Crippen molar-refractivity contribution in [2.24, 2.45) is 0 Å². The summed E-state index contributed by atoms with van der Waals surface area (Å²) in [6.45, 7) is 5.60. The van der Waals surface area contributed by atoms with Gasteiger partial charge in [-0.1, -0.05) is 30.3 Å². The van der Waals surface area contributed by atoms with Crippen LogP contribution in [-0.2, 0) is 16.1 Å². The molecule has 1 aromatic carbocycles. The molecule has 5 heteroatoms.